The minimum absolute atomic E-state index is 0.207. The zero-order chi connectivity index (χ0) is 19.5. The summed E-state index contributed by atoms with van der Waals surface area (Å²) in [5, 5.41) is 0. The molecule has 0 spiro atoms. The molecule has 0 atom stereocenters. The van der Waals surface area contributed by atoms with Crippen LogP contribution >= 0.6 is 0 Å². The van der Waals surface area contributed by atoms with Crippen LogP contribution in [0.15, 0.2) is 30.5 Å². The number of hydrogen-bond acceptors (Lipinski definition) is 0. The van der Waals surface area contributed by atoms with Crippen LogP contribution < -0.4 is 4.57 Å². The Hall–Kier alpha value is -1.63. The second kappa shape index (κ2) is 5.97. The Morgan fingerprint density at radius 1 is 1.00 bits per heavy atom. The molecule has 1 aliphatic rings. The topological polar surface area (TPSA) is 3.88 Å². The molecule has 1 nitrogen and oxygen atoms in total. The van der Waals surface area contributed by atoms with Crippen molar-refractivity contribution in [2.24, 2.45) is 7.05 Å². The van der Waals surface area contributed by atoms with E-state index < -0.39 is 5.89 Å². The van der Waals surface area contributed by atoms with E-state index in [1.807, 2.05) is 13.8 Å². The lowest BCUT2D eigenvalue weighted by molar-refractivity contribution is -0.660. The smallest absolute Gasteiger partial charge is 0.201 e. The standard InChI is InChI=1S/C24H34N/c1-16(2)18-9-12-25(8)22(14-18)19-15-21-20(13-17(19)3)23(4,5)10-11-24(21,6)7/h9,12-16H,10-11H2,1-8H3/q+1/i16D. The van der Waals surface area contributed by atoms with Crippen LogP contribution in [0, 0.1) is 6.92 Å². The van der Waals surface area contributed by atoms with Crippen molar-refractivity contribution in [2.75, 3.05) is 0 Å². The number of pyridine rings is 1. The van der Waals surface area contributed by atoms with Crippen molar-refractivity contribution in [3.63, 3.8) is 0 Å². The van der Waals surface area contributed by atoms with E-state index >= 15 is 0 Å². The molecule has 2 aromatic rings. The number of benzene rings is 1. The minimum atomic E-state index is -0.591. The van der Waals surface area contributed by atoms with Gasteiger partial charge in [-0.3, -0.25) is 0 Å². The molecule has 3 rings (SSSR count). The predicted octanol–water partition coefficient (Wildman–Crippen LogP) is 5.96. The van der Waals surface area contributed by atoms with Crippen LogP contribution in [0.4, 0.5) is 0 Å². The van der Waals surface area contributed by atoms with Crippen LogP contribution in [0.3, 0.4) is 0 Å². The highest BCUT2D eigenvalue weighted by Gasteiger charge is 2.38. The maximum atomic E-state index is 8.41. The van der Waals surface area contributed by atoms with E-state index in [9.17, 15) is 0 Å². The fraction of sp³-hybridized carbons (Fsp3) is 0.542. The van der Waals surface area contributed by atoms with E-state index in [-0.39, 0.29) is 10.8 Å². The van der Waals surface area contributed by atoms with Crippen LogP contribution in [0.1, 0.15) is 83.9 Å². The van der Waals surface area contributed by atoms with Crippen molar-refractivity contribution in [1.82, 2.24) is 0 Å². The minimum Gasteiger partial charge on any atom is -0.201 e. The molecule has 1 heteroatoms. The summed E-state index contributed by atoms with van der Waals surface area (Å²) in [6, 6.07) is 9.12. The Balaban J connectivity index is 2.26. The Kier molecular flexibility index (Phi) is 4.02. The lowest BCUT2D eigenvalue weighted by Crippen LogP contribution is -2.35. The van der Waals surface area contributed by atoms with Crippen molar-refractivity contribution in [3.05, 3.63) is 52.7 Å². The third-order valence-electron chi connectivity index (χ3n) is 6.20. The van der Waals surface area contributed by atoms with Crippen LogP contribution in [-0.4, -0.2) is 0 Å². The average molecular weight is 338 g/mol. The van der Waals surface area contributed by atoms with Gasteiger partial charge in [0.25, 0.3) is 0 Å². The van der Waals surface area contributed by atoms with Crippen LogP contribution in [-0.2, 0) is 17.9 Å². The molecule has 1 aromatic heterocycles. The van der Waals surface area contributed by atoms with E-state index in [1.54, 1.807) is 0 Å². The van der Waals surface area contributed by atoms with Gasteiger partial charge in [0.2, 0.25) is 5.69 Å². The first kappa shape index (κ1) is 16.8. The third kappa shape index (κ3) is 3.14. The van der Waals surface area contributed by atoms with Crippen LogP contribution in [0.2, 0.25) is 0 Å². The molecular weight excluding hydrogens is 302 g/mol. The SMILES string of the molecule is [2H]C(C)(C)c1cc[n+](C)c(-c2cc3c(cc2C)C(C)(C)CCC3(C)C)c1. The number of hydrogen-bond donors (Lipinski definition) is 0. The Bertz CT molecular complexity index is 853. The van der Waals surface area contributed by atoms with E-state index in [0.29, 0.717) is 0 Å². The number of rotatable bonds is 2. The first-order valence-electron chi connectivity index (χ1n) is 9.99. The zero-order valence-corrected chi connectivity index (χ0v) is 17.2. The summed E-state index contributed by atoms with van der Waals surface area (Å²) in [6.45, 7) is 15.7. The highest BCUT2D eigenvalue weighted by molar-refractivity contribution is 5.66. The van der Waals surface area contributed by atoms with Gasteiger partial charge in [-0.1, -0.05) is 47.6 Å². The summed E-state index contributed by atoms with van der Waals surface area (Å²) in [7, 11) is 2.10. The summed E-state index contributed by atoms with van der Waals surface area (Å²) in [5.74, 6) is -0.591. The number of fused-ring (bicyclic) bond motifs is 1. The Morgan fingerprint density at radius 3 is 2.12 bits per heavy atom. The van der Waals surface area contributed by atoms with E-state index in [0.717, 1.165) is 5.56 Å². The maximum absolute atomic E-state index is 8.41. The molecule has 25 heavy (non-hydrogen) atoms. The first-order valence-corrected chi connectivity index (χ1v) is 9.49. The van der Waals surface area contributed by atoms with Gasteiger partial charge in [-0.15, -0.1) is 0 Å². The van der Waals surface area contributed by atoms with Gasteiger partial charge >= 0.3 is 0 Å². The summed E-state index contributed by atoms with van der Waals surface area (Å²) >= 11 is 0. The molecule has 134 valence electrons. The molecule has 1 aliphatic carbocycles. The molecule has 0 bridgehead atoms. The lowest BCUT2D eigenvalue weighted by atomic mass is 9.62. The van der Waals surface area contributed by atoms with Gasteiger partial charge in [0, 0.05) is 19.1 Å². The van der Waals surface area contributed by atoms with Crippen molar-refractivity contribution in [2.45, 2.75) is 78.0 Å². The highest BCUT2D eigenvalue weighted by atomic mass is 14.9. The van der Waals surface area contributed by atoms with Crippen molar-refractivity contribution >= 4 is 0 Å². The molecule has 0 N–H and O–H groups in total. The molecule has 0 aliphatic heterocycles. The summed E-state index contributed by atoms with van der Waals surface area (Å²) < 4.78 is 10.6. The number of nitrogens with zero attached hydrogens (tertiary/aromatic N) is 1. The average Bonchev–Trinajstić information content (AvgIpc) is 2.51. The quantitative estimate of drug-likeness (QED) is 0.595. The lowest BCUT2D eigenvalue weighted by Gasteiger charge is -2.42. The molecule has 1 heterocycles. The molecule has 1 aromatic carbocycles. The number of aromatic nitrogens is 1. The van der Waals surface area contributed by atoms with E-state index in [2.05, 4.69) is 76.7 Å². The van der Waals surface area contributed by atoms with Crippen molar-refractivity contribution in [3.8, 4) is 11.3 Å². The van der Waals surface area contributed by atoms with Gasteiger partial charge < -0.3 is 0 Å². The second-order valence-electron chi connectivity index (χ2n) is 9.39. The molecule has 0 saturated carbocycles. The second-order valence-corrected chi connectivity index (χ2v) is 9.39. The Labute approximate surface area is 155 Å². The van der Waals surface area contributed by atoms with Crippen molar-refractivity contribution < 1.29 is 5.94 Å². The van der Waals surface area contributed by atoms with Gasteiger partial charge in [-0.25, -0.2) is 4.57 Å². The molecule has 0 amide bonds. The highest BCUT2D eigenvalue weighted by Crippen LogP contribution is 2.47. The maximum Gasteiger partial charge on any atom is 0.212 e. The molecule has 0 saturated heterocycles. The van der Waals surface area contributed by atoms with E-state index in [1.165, 1.54) is 40.8 Å². The fourth-order valence-electron chi connectivity index (χ4n) is 4.15. The summed E-state index contributed by atoms with van der Waals surface area (Å²) in [4.78, 5) is 0. The molecule has 0 fully saturated rings. The van der Waals surface area contributed by atoms with E-state index in [4.69, 9.17) is 1.37 Å². The van der Waals surface area contributed by atoms with Gasteiger partial charge in [0.15, 0.2) is 6.20 Å². The fourth-order valence-corrected chi connectivity index (χ4v) is 4.15. The predicted molar refractivity (Wildman–Crippen MR) is 107 cm³/mol. The van der Waals surface area contributed by atoms with Gasteiger partial charge in [-0.05, 0) is 64.8 Å². The Morgan fingerprint density at radius 2 is 1.56 bits per heavy atom. The van der Waals surface area contributed by atoms with Crippen LogP contribution in [0.25, 0.3) is 11.3 Å². The largest absolute Gasteiger partial charge is 0.212 e. The third-order valence-corrected chi connectivity index (χ3v) is 6.20. The summed E-state index contributed by atoms with van der Waals surface area (Å²) in [6.07, 6.45) is 4.55. The van der Waals surface area contributed by atoms with Gasteiger partial charge in [0.1, 0.15) is 7.05 Å². The molecule has 0 radical (unpaired) electrons. The molecular formula is C24H34N+. The van der Waals surface area contributed by atoms with Gasteiger partial charge in [0.05, 0.1) is 0 Å². The monoisotopic (exact) mass is 337 g/mol. The summed E-state index contributed by atoms with van der Waals surface area (Å²) in [5.41, 5.74) is 8.32. The van der Waals surface area contributed by atoms with Crippen molar-refractivity contribution in [1.29, 1.82) is 0 Å². The number of aryl methyl sites for hydroxylation is 2. The zero-order valence-electron chi connectivity index (χ0n) is 18.2. The van der Waals surface area contributed by atoms with Crippen LogP contribution in [0.5, 0.6) is 0 Å². The van der Waals surface area contributed by atoms with Gasteiger partial charge in [-0.2, -0.15) is 0 Å². The molecule has 0 unspecified atom stereocenters. The normalized spacial score (nSPS) is 19.3. The first-order chi connectivity index (χ1) is 11.8.